The summed E-state index contributed by atoms with van der Waals surface area (Å²) in [7, 11) is 1.56. The van der Waals surface area contributed by atoms with E-state index in [4.69, 9.17) is 15.9 Å². The quantitative estimate of drug-likeness (QED) is 0.456. The second kappa shape index (κ2) is 9.68. The number of rotatable bonds is 7. The van der Waals surface area contributed by atoms with Crippen LogP contribution in [0.1, 0.15) is 12.0 Å². The van der Waals surface area contributed by atoms with Crippen LogP contribution in [-0.2, 0) is 9.59 Å². The average Bonchev–Trinajstić information content (AvgIpc) is 2.87. The van der Waals surface area contributed by atoms with E-state index in [1.54, 1.807) is 90.4 Å². The second-order valence-electron chi connectivity index (χ2n) is 8.04. The smallest absolute Gasteiger partial charge is 0.275 e. The molecule has 0 unspecified atom stereocenters. The Balaban J connectivity index is 1.66. The predicted octanol–water partition coefficient (Wildman–Crippen LogP) is 2.76. The predicted molar refractivity (Wildman–Crippen MR) is 134 cm³/mol. The van der Waals surface area contributed by atoms with Crippen molar-refractivity contribution >= 4 is 28.9 Å². The van der Waals surface area contributed by atoms with Crippen LogP contribution in [0, 0.1) is 12.3 Å². The van der Waals surface area contributed by atoms with Crippen LogP contribution in [0.3, 0.4) is 0 Å². The number of aromatic nitrogens is 1. The zero-order valence-corrected chi connectivity index (χ0v) is 19.4. The number of nitrogens with one attached hydrogen (secondary N) is 2. The van der Waals surface area contributed by atoms with Gasteiger partial charge in [0.25, 0.3) is 17.4 Å². The number of carbonyl (C=O) groups excluding carboxylic acids is 2. The molecular weight excluding hydrogens is 446 g/mol. The Morgan fingerprint density at radius 2 is 1.69 bits per heavy atom. The lowest BCUT2D eigenvalue weighted by atomic mass is 9.98. The molecule has 1 aromatic heterocycles. The molecule has 0 bridgehead atoms. The number of anilines is 2. The Kier molecular flexibility index (Phi) is 6.50. The molecule has 0 saturated carbocycles. The van der Waals surface area contributed by atoms with Crippen molar-refractivity contribution in [3.63, 3.8) is 0 Å². The molecule has 0 radical (unpaired) electrons. The number of hydrogen-bond donors (Lipinski definition) is 3. The van der Waals surface area contributed by atoms with Crippen molar-refractivity contribution in [2.45, 2.75) is 13.3 Å². The lowest BCUT2D eigenvalue weighted by Gasteiger charge is -2.31. The van der Waals surface area contributed by atoms with Gasteiger partial charge in [-0.15, -0.1) is 0 Å². The number of aryl methyl sites for hydroxylation is 1. The van der Waals surface area contributed by atoms with Gasteiger partial charge in [0, 0.05) is 40.9 Å². The maximum absolute atomic E-state index is 13.5. The molecule has 3 aromatic rings. The molecule has 2 heterocycles. The second-order valence-corrected chi connectivity index (χ2v) is 8.04. The summed E-state index contributed by atoms with van der Waals surface area (Å²) in [5.41, 5.74) is 7.74. The summed E-state index contributed by atoms with van der Waals surface area (Å²) in [5.74, 6) is -0.643. The van der Waals surface area contributed by atoms with Gasteiger partial charge in [0.05, 0.1) is 7.11 Å². The highest BCUT2D eigenvalue weighted by Gasteiger charge is 2.31. The number of benzene rings is 2. The number of carbonyl (C=O) groups is 2. The molecule has 9 heteroatoms. The van der Waals surface area contributed by atoms with Crippen LogP contribution < -0.4 is 26.2 Å². The van der Waals surface area contributed by atoms with Crippen molar-refractivity contribution in [3.05, 3.63) is 94.0 Å². The summed E-state index contributed by atoms with van der Waals surface area (Å²) in [5, 5.41) is 11.2. The summed E-state index contributed by atoms with van der Waals surface area (Å²) < 4.78 is 6.71. The van der Waals surface area contributed by atoms with Crippen LogP contribution >= 0.6 is 0 Å². The first-order chi connectivity index (χ1) is 16.8. The van der Waals surface area contributed by atoms with Gasteiger partial charge >= 0.3 is 0 Å². The molecule has 0 atom stereocenters. The molecular formula is C26H25N5O4. The van der Waals surface area contributed by atoms with Crippen molar-refractivity contribution < 1.29 is 14.3 Å². The fraction of sp³-hybridized carbons (Fsp3) is 0.154. The van der Waals surface area contributed by atoms with E-state index in [-0.39, 0.29) is 29.8 Å². The summed E-state index contributed by atoms with van der Waals surface area (Å²) in [4.78, 5) is 39.2. The topological polar surface area (TPSA) is 131 Å². The third kappa shape index (κ3) is 4.70. The highest BCUT2D eigenvalue weighted by atomic mass is 16.5. The number of primary amides is 1. The van der Waals surface area contributed by atoms with E-state index in [1.165, 1.54) is 0 Å². The first-order valence-corrected chi connectivity index (χ1v) is 10.9. The minimum absolute atomic E-state index is 0.113. The van der Waals surface area contributed by atoms with E-state index in [2.05, 4.69) is 5.32 Å². The molecule has 9 nitrogen and oxygen atoms in total. The van der Waals surface area contributed by atoms with Gasteiger partial charge in [-0.05, 0) is 67.9 Å². The molecule has 1 aliphatic heterocycles. The highest BCUT2D eigenvalue weighted by Crippen LogP contribution is 2.28. The van der Waals surface area contributed by atoms with Crippen molar-refractivity contribution in [2.75, 3.05) is 23.9 Å². The number of amides is 2. The average molecular weight is 472 g/mol. The fourth-order valence-electron chi connectivity index (χ4n) is 3.91. The molecule has 0 saturated heterocycles. The molecule has 0 aliphatic carbocycles. The van der Waals surface area contributed by atoms with E-state index in [0.717, 1.165) is 0 Å². The molecule has 4 rings (SSSR count). The van der Waals surface area contributed by atoms with E-state index in [0.29, 0.717) is 28.4 Å². The van der Waals surface area contributed by atoms with Crippen LogP contribution in [0.2, 0.25) is 0 Å². The van der Waals surface area contributed by atoms with E-state index >= 15 is 0 Å². The highest BCUT2D eigenvalue weighted by molar-refractivity contribution is 6.44. The number of pyridine rings is 1. The Morgan fingerprint density at radius 3 is 2.31 bits per heavy atom. The van der Waals surface area contributed by atoms with Crippen molar-refractivity contribution in [1.29, 1.82) is 5.41 Å². The molecule has 0 fully saturated rings. The third-order valence-electron chi connectivity index (χ3n) is 5.83. The van der Waals surface area contributed by atoms with Crippen LogP contribution in [-0.4, -0.2) is 35.7 Å². The summed E-state index contributed by atoms with van der Waals surface area (Å²) in [6.45, 7) is 2.02. The molecule has 35 heavy (non-hydrogen) atoms. The maximum atomic E-state index is 13.5. The zero-order chi connectivity index (χ0) is 25.1. The Labute approximate surface area is 201 Å². The maximum Gasteiger partial charge on any atom is 0.275 e. The van der Waals surface area contributed by atoms with Gasteiger partial charge in [-0.1, -0.05) is 6.07 Å². The van der Waals surface area contributed by atoms with Crippen LogP contribution in [0.5, 0.6) is 5.75 Å². The van der Waals surface area contributed by atoms with Crippen molar-refractivity contribution in [2.24, 2.45) is 5.73 Å². The number of nitrogens with two attached hydrogens (primary N) is 1. The zero-order valence-electron chi connectivity index (χ0n) is 19.4. The van der Waals surface area contributed by atoms with Gasteiger partial charge in [-0.3, -0.25) is 24.4 Å². The molecule has 178 valence electrons. The summed E-state index contributed by atoms with van der Waals surface area (Å²) in [6.07, 6.45) is 1.96. The number of hydrogen-bond acceptors (Lipinski definition) is 6. The first-order valence-electron chi connectivity index (χ1n) is 10.9. The lowest BCUT2D eigenvalue weighted by molar-refractivity contribution is -0.115. The molecule has 2 amide bonds. The SMILES string of the molecule is COc1ccc(NC2=C(C(=N)C(N)=O)CCN(c3ccc(-n4cccc(C)c4=O)cc3)C2=O)cc1. The number of ether oxygens (including phenoxy) is 1. The van der Waals surface area contributed by atoms with Gasteiger partial charge in [0.2, 0.25) is 0 Å². The van der Waals surface area contributed by atoms with Gasteiger partial charge in [0.1, 0.15) is 17.2 Å². The van der Waals surface area contributed by atoms with Crippen molar-refractivity contribution in [3.8, 4) is 11.4 Å². The monoisotopic (exact) mass is 471 g/mol. The van der Waals surface area contributed by atoms with Crippen LogP contribution in [0.4, 0.5) is 11.4 Å². The summed E-state index contributed by atoms with van der Waals surface area (Å²) in [6, 6.07) is 17.6. The lowest BCUT2D eigenvalue weighted by Crippen LogP contribution is -2.42. The van der Waals surface area contributed by atoms with Crippen molar-refractivity contribution in [1.82, 2.24) is 4.57 Å². The van der Waals surface area contributed by atoms with Gasteiger partial charge in [-0.2, -0.15) is 0 Å². The molecule has 4 N–H and O–H groups in total. The fourth-order valence-corrected chi connectivity index (χ4v) is 3.91. The first kappa shape index (κ1) is 23.5. The minimum Gasteiger partial charge on any atom is -0.497 e. The van der Waals surface area contributed by atoms with Gasteiger partial charge in [-0.25, -0.2) is 0 Å². The van der Waals surface area contributed by atoms with Gasteiger partial charge in [0.15, 0.2) is 0 Å². The largest absolute Gasteiger partial charge is 0.497 e. The Morgan fingerprint density at radius 1 is 1.03 bits per heavy atom. The molecule has 0 spiro atoms. The minimum atomic E-state index is -0.900. The van der Waals surface area contributed by atoms with E-state index < -0.39 is 17.5 Å². The standard InChI is InChI=1S/C26H25N5O4/c1-16-4-3-14-30(25(16)33)18-7-9-19(10-8-18)31-15-13-21(22(27)24(28)32)23(26(31)34)29-17-5-11-20(35-2)12-6-17/h3-12,14,27,29H,13,15H2,1-2H3,(H2,28,32). The number of methoxy groups -OCH3 is 1. The Bertz CT molecular complexity index is 1390. The Hall–Kier alpha value is -4.66. The van der Waals surface area contributed by atoms with E-state index in [1.807, 2.05) is 0 Å². The molecule has 2 aromatic carbocycles. The van der Waals surface area contributed by atoms with Crippen LogP contribution in [0.15, 0.2) is 82.9 Å². The third-order valence-corrected chi connectivity index (χ3v) is 5.83. The van der Waals surface area contributed by atoms with Crippen LogP contribution in [0.25, 0.3) is 5.69 Å². The van der Waals surface area contributed by atoms with E-state index in [9.17, 15) is 14.4 Å². The van der Waals surface area contributed by atoms with Gasteiger partial charge < -0.3 is 20.7 Å². The normalized spacial score (nSPS) is 13.5. The summed E-state index contributed by atoms with van der Waals surface area (Å²) >= 11 is 0. The number of nitrogens with zero attached hydrogens (tertiary/aromatic N) is 2. The molecule has 1 aliphatic rings.